The number of hydrogen-bond acceptors (Lipinski definition) is 3. The van der Waals surface area contributed by atoms with E-state index in [2.05, 4.69) is 5.10 Å². The first kappa shape index (κ1) is 16.2. The second-order valence-electron chi connectivity index (χ2n) is 6.22. The SMILES string of the molecule is Cc1nn(-c2ccccc2)c(C)c1C(=O)N1CCCC(C(=O)O)C1. The van der Waals surface area contributed by atoms with Crippen LogP contribution in [0, 0.1) is 19.8 Å². The van der Waals surface area contributed by atoms with Crippen LogP contribution in [-0.2, 0) is 4.79 Å². The molecule has 2 heterocycles. The Morgan fingerprint density at radius 2 is 1.92 bits per heavy atom. The summed E-state index contributed by atoms with van der Waals surface area (Å²) in [6.45, 7) is 4.55. The van der Waals surface area contributed by atoms with Gasteiger partial charge in [0.2, 0.25) is 0 Å². The van der Waals surface area contributed by atoms with Crippen LogP contribution in [0.15, 0.2) is 30.3 Å². The molecule has 1 aliphatic rings. The summed E-state index contributed by atoms with van der Waals surface area (Å²) in [4.78, 5) is 25.8. The Balaban J connectivity index is 1.91. The maximum atomic E-state index is 12.9. The predicted octanol–water partition coefficient (Wildman–Crippen LogP) is 2.43. The van der Waals surface area contributed by atoms with Crippen LogP contribution in [-0.4, -0.2) is 44.8 Å². The van der Waals surface area contributed by atoms with E-state index in [0.717, 1.165) is 11.4 Å². The number of rotatable bonds is 3. The Labute approximate surface area is 140 Å². The van der Waals surface area contributed by atoms with Crippen LogP contribution < -0.4 is 0 Å². The molecule has 1 atom stereocenters. The number of amides is 1. The van der Waals surface area contributed by atoms with E-state index in [1.54, 1.807) is 9.58 Å². The van der Waals surface area contributed by atoms with Crippen molar-refractivity contribution >= 4 is 11.9 Å². The van der Waals surface area contributed by atoms with Crippen LogP contribution in [0.5, 0.6) is 0 Å². The number of para-hydroxylation sites is 1. The largest absolute Gasteiger partial charge is 0.481 e. The van der Waals surface area contributed by atoms with Crippen LogP contribution in [0.3, 0.4) is 0 Å². The molecule has 1 amide bonds. The van der Waals surface area contributed by atoms with Crippen molar-refractivity contribution < 1.29 is 14.7 Å². The van der Waals surface area contributed by atoms with Gasteiger partial charge in [0, 0.05) is 13.1 Å². The summed E-state index contributed by atoms with van der Waals surface area (Å²) in [5.74, 6) is -1.44. The minimum atomic E-state index is -0.832. The number of nitrogens with zero attached hydrogens (tertiary/aromatic N) is 3. The lowest BCUT2D eigenvalue weighted by Crippen LogP contribution is -2.42. The smallest absolute Gasteiger partial charge is 0.308 e. The summed E-state index contributed by atoms with van der Waals surface area (Å²) >= 11 is 0. The Morgan fingerprint density at radius 3 is 2.58 bits per heavy atom. The van der Waals surface area contributed by atoms with Crippen molar-refractivity contribution in [1.29, 1.82) is 0 Å². The molecule has 1 saturated heterocycles. The van der Waals surface area contributed by atoms with Crippen molar-refractivity contribution in [2.24, 2.45) is 5.92 Å². The monoisotopic (exact) mass is 327 g/mol. The molecular weight excluding hydrogens is 306 g/mol. The summed E-state index contributed by atoms with van der Waals surface area (Å²) in [6.07, 6.45) is 1.34. The highest BCUT2D eigenvalue weighted by Gasteiger charge is 2.31. The molecule has 24 heavy (non-hydrogen) atoms. The molecule has 1 N–H and O–H groups in total. The molecule has 3 rings (SSSR count). The molecule has 0 spiro atoms. The van der Waals surface area contributed by atoms with Gasteiger partial charge < -0.3 is 10.0 Å². The number of benzene rings is 1. The van der Waals surface area contributed by atoms with Gasteiger partial charge in [-0.05, 0) is 38.8 Å². The molecule has 6 heteroatoms. The lowest BCUT2D eigenvalue weighted by molar-refractivity contribution is -0.143. The van der Waals surface area contributed by atoms with Crippen molar-refractivity contribution in [2.75, 3.05) is 13.1 Å². The third-order valence-corrected chi connectivity index (χ3v) is 4.56. The van der Waals surface area contributed by atoms with E-state index in [1.807, 2.05) is 44.2 Å². The van der Waals surface area contributed by atoms with E-state index in [-0.39, 0.29) is 12.5 Å². The molecule has 1 aliphatic heterocycles. The number of likely N-dealkylation sites (tertiary alicyclic amines) is 1. The summed E-state index contributed by atoms with van der Waals surface area (Å²) < 4.78 is 1.77. The quantitative estimate of drug-likeness (QED) is 0.939. The number of hydrogen-bond donors (Lipinski definition) is 1. The van der Waals surface area contributed by atoms with Crippen molar-refractivity contribution in [1.82, 2.24) is 14.7 Å². The number of carboxylic acid groups (broad SMARTS) is 1. The number of aliphatic carboxylic acids is 1. The fraction of sp³-hybridized carbons (Fsp3) is 0.389. The number of carbonyl (C=O) groups is 2. The minimum Gasteiger partial charge on any atom is -0.481 e. The molecule has 126 valence electrons. The molecular formula is C18H21N3O3. The van der Waals surface area contributed by atoms with Crippen molar-refractivity contribution in [2.45, 2.75) is 26.7 Å². The minimum absolute atomic E-state index is 0.127. The second-order valence-corrected chi connectivity index (χ2v) is 6.22. The molecule has 1 unspecified atom stereocenters. The Hall–Kier alpha value is -2.63. The van der Waals surface area contributed by atoms with Gasteiger partial charge in [-0.15, -0.1) is 0 Å². The number of carboxylic acids is 1. The van der Waals surface area contributed by atoms with Crippen LogP contribution in [0.1, 0.15) is 34.6 Å². The van der Waals surface area contributed by atoms with Crippen molar-refractivity contribution in [3.8, 4) is 5.69 Å². The lowest BCUT2D eigenvalue weighted by atomic mass is 9.97. The van der Waals surface area contributed by atoms with E-state index in [0.29, 0.717) is 30.6 Å². The topological polar surface area (TPSA) is 75.4 Å². The molecule has 1 fully saturated rings. The van der Waals surface area contributed by atoms with Gasteiger partial charge in [0.25, 0.3) is 5.91 Å². The van der Waals surface area contributed by atoms with Crippen molar-refractivity contribution in [3.63, 3.8) is 0 Å². The summed E-state index contributed by atoms with van der Waals surface area (Å²) in [5.41, 5.74) is 2.92. The average molecular weight is 327 g/mol. The van der Waals surface area contributed by atoms with Gasteiger partial charge in [-0.25, -0.2) is 4.68 Å². The van der Waals surface area contributed by atoms with Crippen LogP contribution in [0.4, 0.5) is 0 Å². The second kappa shape index (κ2) is 6.47. The zero-order valence-electron chi connectivity index (χ0n) is 13.9. The first-order chi connectivity index (χ1) is 11.5. The maximum Gasteiger partial charge on any atom is 0.308 e. The number of carbonyl (C=O) groups excluding carboxylic acids is 1. The fourth-order valence-electron chi connectivity index (χ4n) is 3.29. The number of aromatic nitrogens is 2. The number of piperidine rings is 1. The van der Waals surface area contributed by atoms with E-state index in [4.69, 9.17) is 0 Å². The highest BCUT2D eigenvalue weighted by molar-refractivity contribution is 5.97. The molecule has 0 aliphatic carbocycles. The predicted molar refractivity (Wildman–Crippen MR) is 89.3 cm³/mol. The fourth-order valence-corrected chi connectivity index (χ4v) is 3.29. The molecule has 0 radical (unpaired) electrons. The van der Waals surface area contributed by atoms with E-state index in [1.165, 1.54) is 0 Å². The van der Waals surface area contributed by atoms with E-state index >= 15 is 0 Å². The third-order valence-electron chi connectivity index (χ3n) is 4.56. The summed E-state index contributed by atoms with van der Waals surface area (Å²) in [5, 5.41) is 13.7. The first-order valence-electron chi connectivity index (χ1n) is 8.12. The molecule has 1 aromatic heterocycles. The molecule has 0 bridgehead atoms. The average Bonchev–Trinajstić information content (AvgIpc) is 2.89. The Bertz CT molecular complexity index is 767. The summed E-state index contributed by atoms with van der Waals surface area (Å²) in [7, 11) is 0. The van der Waals surface area contributed by atoms with E-state index < -0.39 is 11.9 Å². The van der Waals surface area contributed by atoms with Gasteiger partial charge in [0.05, 0.1) is 28.6 Å². The molecule has 2 aromatic rings. The van der Waals surface area contributed by atoms with Gasteiger partial charge in [-0.1, -0.05) is 18.2 Å². The van der Waals surface area contributed by atoms with Gasteiger partial charge in [0.1, 0.15) is 0 Å². The van der Waals surface area contributed by atoms with Gasteiger partial charge in [-0.3, -0.25) is 9.59 Å². The first-order valence-corrected chi connectivity index (χ1v) is 8.12. The zero-order chi connectivity index (χ0) is 17.3. The molecule has 6 nitrogen and oxygen atoms in total. The van der Waals surface area contributed by atoms with Crippen LogP contribution in [0.2, 0.25) is 0 Å². The van der Waals surface area contributed by atoms with Gasteiger partial charge >= 0.3 is 5.97 Å². The van der Waals surface area contributed by atoms with Crippen LogP contribution in [0.25, 0.3) is 5.69 Å². The van der Waals surface area contributed by atoms with Gasteiger partial charge in [-0.2, -0.15) is 5.10 Å². The normalized spacial score (nSPS) is 17.8. The Morgan fingerprint density at radius 1 is 1.21 bits per heavy atom. The lowest BCUT2D eigenvalue weighted by Gasteiger charge is -2.30. The standard InChI is InChI=1S/C18H21N3O3/c1-12-16(13(2)21(19-12)15-8-4-3-5-9-15)17(22)20-10-6-7-14(11-20)18(23)24/h3-5,8-9,14H,6-7,10-11H2,1-2H3,(H,23,24). The zero-order valence-corrected chi connectivity index (χ0v) is 13.9. The number of aryl methyl sites for hydroxylation is 1. The van der Waals surface area contributed by atoms with Crippen molar-refractivity contribution in [3.05, 3.63) is 47.3 Å². The van der Waals surface area contributed by atoms with Gasteiger partial charge in [0.15, 0.2) is 0 Å². The highest BCUT2D eigenvalue weighted by atomic mass is 16.4. The Kier molecular flexibility index (Phi) is 4.38. The van der Waals surface area contributed by atoms with E-state index in [9.17, 15) is 14.7 Å². The summed E-state index contributed by atoms with van der Waals surface area (Å²) in [6, 6.07) is 9.66. The van der Waals surface area contributed by atoms with Crippen LogP contribution >= 0.6 is 0 Å². The molecule has 1 aromatic carbocycles. The molecule has 0 saturated carbocycles. The highest BCUT2D eigenvalue weighted by Crippen LogP contribution is 2.23. The third kappa shape index (κ3) is 2.91. The maximum absolute atomic E-state index is 12.9.